The summed E-state index contributed by atoms with van der Waals surface area (Å²) in [6.07, 6.45) is 1.48. The number of nitrogens with zero attached hydrogens (tertiary/aromatic N) is 2. The Labute approximate surface area is 135 Å². The fourth-order valence-electron chi connectivity index (χ4n) is 2.57. The molecule has 1 fully saturated rings. The SMILES string of the molecule is Cc1cc(F)ccc1S(=O)(=O)NCC(=O)N1CCC[C@H](C#N)C1. The van der Waals surface area contributed by atoms with Crippen LogP contribution in [0.2, 0.25) is 0 Å². The summed E-state index contributed by atoms with van der Waals surface area (Å²) in [6.45, 7) is 1.96. The molecule has 0 radical (unpaired) electrons. The van der Waals surface area contributed by atoms with Crippen LogP contribution in [0.4, 0.5) is 4.39 Å². The molecule has 1 aromatic rings. The molecule has 1 amide bonds. The highest BCUT2D eigenvalue weighted by Gasteiger charge is 2.25. The van der Waals surface area contributed by atoms with E-state index >= 15 is 0 Å². The fraction of sp³-hybridized carbons (Fsp3) is 0.467. The van der Waals surface area contributed by atoms with Crippen LogP contribution in [-0.4, -0.2) is 38.9 Å². The van der Waals surface area contributed by atoms with Crippen LogP contribution in [0.1, 0.15) is 18.4 Å². The largest absolute Gasteiger partial charge is 0.340 e. The third-order valence-electron chi connectivity index (χ3n) is 3.80. The number of rotatable bonds is 4. The summed E-state index contributed by atoms with van der Waals surface area (Å²) in [5, 5.41) is 8.92. The summed E-state index contributed by atoms with van der Waals surface area (Å²) in [5.41, 5.74) is 0.271. The van der Waals surface area contributed by atoms with E-state index in [0.717, 1.165) is 25.0 Å². The maximum atomic E-state index is 13.1. The van der Waals surface area contributed by atoms with E-state index in [0.29, 0.717) is 13.1 Å². The van der Waals surface area contributed by atoms with Crippen LogP contribution in [-0.2, 0) is 14.8 Å². The number of nitrogens with one attached hydrogen (secondary N) is 1. The van der Waals surface area contributed by atoms with Crippen LogP contribution < -0.4 is 4.72 Å². The highest BCUT2D eigenvalue weighted by atomic mass is 32.2. The van der Waals surface area contributed by atoms with Crippen molar-refractivity contribution < 1.29 is 17.6 Å². The third-order valence-corrected chi connectivity index (χ3v) is 5.36. The van der Waals surface area contributed by atoms with Crippen LogP contribution >= 0.6 is 0 Å². The highest BCUT2D eigenvalue weighted by molar-refractivity contribution is 7.89. The summed E-state index contributed by atoms with van der Waals surface area (Å²) in [6, 6.07) is 5.49. The molecule has 0 aliphatic carbocycles. The van der Waals surface area contributed by atoms with Crippen molar-refractivity contribution in [3.63, 3.8) is 0 Å². The lowest BCUT2D eigenvalue weighted by Crippen LogP contribution is -2.44. The van der Waals surface area contributed by atoms with Gasteiger partial charge in [-0.2, -0.15) is 5.26 Å². The van der Waals surface area contributed by atoms with Crippen molar-refractivity contribution in [3.8, 4) is 6.07 Å². The Morgan fingerprint density at radius 3 is 2.91 bits per heavy atom. The van der Waals surface area contributed by atoms with E-state index in [2.05, 4.69) is 10.8 Å². The van der Waals surface area contributed by atoms with E-state index in [9.17, 15) is 17.6 Å². The molecular weight excluding hydrogens is 321 g/mol. The van der Waals surface area contributed by atoms with Crippen molar-refractivity contribution in [1.29, 1.82) is 5.26 Å². The van der Waals surface area contributed by atoms with Gasteiger partial charge in [0.15, 0.2) is 0 Å². The number of carbonyl (C=O) groups excluding carboxylic acids is 1. The number of sulfonamides is 1. The minimum Gasteiger partial charge on any atom is -0.340 e. The number of nitriles is 1. The minimum absolute atomic E-state index is 0.0553. The third kappa shape index (κ3) is 4.27. The van der Waals surface area contributed by atoms with E-state index in [-0.39, 0.29) is 28.8 Å². The molecule has 23 heavy (non-hydrogen) atoms. The van der Waals surface area contributed by atoms with Gasteiger partial charge in [-0.3, -0.25) is 4.79 Å². The van der Waals surface area contributed by atoms with Gasteiger partial charge in [0.25, 0.3) is 0 Å². The predicted molar refractivity (Wildman–Crippen MR) is 81.2 cm³/mol. The number of aryl methyl sites for hydroxylation is 1. The van der Waals surface area contributed by atoms with E-state index < -0.39 is 15.8 Å². The first kappa shape index (κ1) is 17.4. The maximum Gasteiger partial charge on any atom is 0.241 e. The molecule has 1 aliphatic rings. The van der Waals surface area contributed by atoms with Gasteiger partial charge in [0.2, 0.25) is 15.9 Å². The van der Waals surface area contributed by atoms with Crippen LogP contribution in [0.5, 0.6) is 0 Å². The molecule has 1 heterocycles. The monoisotopic (exact) mass is 339 g/mol. The molecule has 8 heteroatoms. The molecule has 6 nitrogen and oxygen atoms in total. The summed E-state index contributed by atoms with van der Waals surface area (Å²) in [5.74, 6) is -1.09. The molecule has 1 N–H and O–H groups in total. The Bertz CT molecular complexity index is 743. The lowest BCUT2D eigenvalue weighted by molar-refractivity contribution is -0.131. The Balaban J connectivity index is 2.01. The van der Waals surface area contributed by atoms with Gasteiger partial charge in [0, 0.05) is 13.1 Å². The second-order valence-electron chi connectivity index (χ2n) is 5.54. The van der Waals surface area contributed by atoms with Gasteiger partial charge in [-0.05, 0) is 43.5 Å². The van der Waals surface area contributed by atoms with E-state index in [1.54, 1.807) is 0 Å². The quantitative estimate of drug-likeness (QED) is 0.892. The Morgan fingerprint density at radius 1 is 1.52 bits per heavy atom. The van der Waals surface area contributed by atoms with Crippen molar-refractivity contribution >= 4 is 15.9 Å². The van der Waals surface area contributed by atoms with Crippen molar-refractivity contribution in [1.82, 2.24) is 9.62 Å². The number of benzene rings is 1. The highest BCUT2D eigenvalue weighted by Crippen LogP contribution is 2.17. The number of amides is 1. The van der Waals surface area contributed by atoms with Crippen LogP contribution in [0.3, 0.4) is 0 Å². The molecular formula is C15H18FN3O3S. The van der Waals surface area contributed by atoms with E-state index in [4.69, 9.17) is 5.26 Å². The summed E-state index contributed by atoms with van der Waals surface area (Å²) < 4.78 is 39.7. The fourth-order valence-corrected chi connectivity index (χ4v) is 3.77. The number of likely N-dealkylation sites (tertiary alicyclic amines) is 1. The number of carbonyl (C=O) groups is 1. The second kappa shape index (κ2) is 7.06. The van der Waals surface area contributed by atoms with Crippen molar-refractivity contribution in [2.45, 2.75) is 24.7 Å². The van der Waals surface area contributed by atoms with Gasteiger partial charge in [-0.25, -0.2) is 17.5 Å². The zero-order valence-corrected chi connectivity index (χ0v) is 13.6. The zero-order chi connectivity index (χ0) is 17.0. The number of hydrogen-bond donors (Lipinski definition) is 1. The Kier molecular flexibility index (Phi) is 5.34. The van der Waals surface area contributed by atoms with Gasteiger partial charge >= 0.3 is 0 Å². The van der Waals surface area contributed by atoms with Crippen LogP contribution in [0.25, 0.3) is 0 Å². The Morgan fingerprint density at radius 2 is 2.26 bits per heavy atom. The zero-order valence-electron chi connectivity index (χ0n) is 12.8. The molecule has 0 spiro atoms. The first-order valence-electron chi connectivity index (χ1n) is 7.26. The number of piperidine rings is 1. The van der Waals surface area contributed by atoms with Crippen molar-refractivity contribution in [3.05, 3.63) is 29.6 Å². The molecule has 2 rings (SSSR count). The Hall–Kier alpha value is -1.98. The standard InChI is InChI=1S/C15H18FN3O3S/c1-11-7-13(16)4-5-14(11)23(21,22)18-9-15(20)19-6-2-3-12(8-17)10-19/h4-5,7,12,18H,2-3,6,9-10H2,1H3/t12-/m1/s1. The van der Waals surface area contributed by atoms with Gasteiger partial charge in [0.05, 0.1) is 23.4 Å². The average Bonchev–Trinajstić information content (AvgIpc) is 2.52. The van der Waals surface area contributed by atoms with Gasteiger partial charge in [0.1, 0.15) is 5.82 Å². The summed E-state index contributed by atoms with van der Waals surface area (Å²) in [7, 11) is -3.89. The topological polar surface area (TPSA) is 90.3 Å². The molecule has 1 saturated heterocycles. The molecule has 1 aromatic carbocycles. The van der Waals surface area contributed by atoms with Crippen LogP contribution in [0, 0.1) is 30.0 Å². The average molecular weight is 339 g/mol. The number of hydrogen-bond acceptors (Lipinski definition) is 4. The minimum atomic E-state index is -3.89. The molecule has 0 aromatic heterocycles. The van der Waals surface area contributed by atoms with Gasteiger partial charge in [-0.15, -0.1) is 0 Å². The summed E-state index contributed by atoms with van der Waals surface area (Å²) in [4.78, 5) is 13.5. The van der Waals surface area contributed by atoms with E-state index in [1.165, 1.54) is 17.9 Å². The predicted octanol–water partition coefficient (Wildman–Crippen LogP) is 1.17. The first-order chi connectivity index (χ1) is 10.8. The molecule has 1 aliphatic heterocycles. The van der Waals surface area contributed by atoms with Crippen LogP contribution in [0.15, 0.2) is 23.1 Å². The lowest BCUT2D eigenvalue weighted by atomic mass is 10.00. The lowest BCUT2D eigenvalue weighted by Gasteiger charge is -2.29. The maximum absolute atomic E-state index is 13.1. The van der Waals surface area contributed by atoms with Gasteiger partial charge in [-0.1, -0.05) is 0 Å². The van der Waals surface area contributed by atoms with Gasteiger partial charge < -0.3 is 4.90 Å². The number of halogens is 1. The second-order valence-corrected chi connectivity index (χ2v) is 7.28. The molecule has 0 bridgehead atoms. The molecule has 124 valence electrons. The van der Waals surface area contributed by atoms with E-state index in [1.807, 2.05) is 0 Å². The summed E-state index contributed by atoms with van der Waals surface area (Å²) >= 11 is 0. The normalized spacial score (nSPS) is 18.5. The smallest absolute Gasteiger partial charge is 0.241 e. The first-order valence-corrected chi connectivity index (χ1v) is 8.75. The van der Waals surface area contributed by atoms with Crippen molar-refractivity contribution in [2.75, 3.05) is 19.6 Å². The molecule has 0 unspecified atom stereocenters. The molecule has 0 saturated carbocycles. The van der Waals surface area contributed by atoms with Crippen molar-refractivity contribution in [2.24, 2.45) is 5.92 Å². The molecule has 1 atom stereocenters.